The van der Waals surface area contributed by atoms with Crippen LogP contribution in [0.25, 0.3) is 0 Å². The predicted molar refractivity (Wildman–Crippen MR) is 133 cm³/mol. The van der Waals surface area contributed by atoms with E-state index in [0.717, 1.165) is 12.1 Å². The number of nitrogens with zero attached hydrogens (tertiary/aromatic N) is 2. The summed E-state index contributed by atoms with van der Waals surface area (Å²) >= 11 is 0. The molecule has 0 saturated carbocycles. The van der Waals surface area contributed by atoms with Gasteiger partial charge in [0, 0.05) is 31.2 Å². The molecule has 8 nitrogen and oxygen atoms in total. The first-order valence-corrected chi connectivity index (χ1v) is 13.3. The molecule has 1 N–H and O–H groups in total. The molecule has 5 rings (SSSR count). The van der Waals surface area contributed by atoms with E-state index in [4.69, 9.17) is 4.74 Å². The molecule has 2 aliphatic rings. The molecule has 2 bridgehead atoms. The predicted octanol–water partition coefficient (Wildman–Crippen LogP) is 2.81. The van der Waals surface area contributed by atoms with Crippen LogP contribution in [0.1, 0.15) is 23.6 Å². The summed E-state index contributed by atoms with van der Waals surface area (Å²) in [6, 6.07) is 21.4. The summed E-state index contributed by atoms with van der Waals surface area (Å²) in [5.41, 5.74) is 1.18. The quantitative estimate of drug-likeness (QED) is 0.546. The van der Waals surface area contributed by atoms with Crippen molar-refractivity contribution in [2.75, 3.05) is 24.4 Å². The maximum Gasteiger partial charge on any atom is 0.275 e. The first-order chi connectivity index (χ1) is 16.9. The number of benzene rings is 2. The SMILES string of the molecule is O=C(COc1ccccc1)N1CC2CC(C1)c1ccc(NS(=O)(=O)Cc3ccccc3)c(=O)n1C2. The number of piperidine rings is 1. The molecule has 2 aromatic carbocycles. The summed E-state index contributed by atoms with van der Waals surface area (Å²) in [6.07, 6.45) is 0.891. The van der Waals surface area contributed by atoms with Gasteiger partial charge in [-0.15, -0.1) is 0 Å². The summed E-state index contributed by atoms with van der Waals surface area (Å²) in [6.45, 7) is 1.47. The van der Waals surface area contributed by atoms with E-state index in [1.54, 1.807) is 34.9 Å². The maximum absolute atomic E-state index is 13.2. The molecule has 1 amide bonds. The first kappa shape index (κ1) is 23.2. The van der Waals surface area contributed by atoms with Gasteiger partial charge in [0.05, 0.1) is 5.75 Å². The van der Waals surface area contributed by atoms with Crippen molar-refractivity contribution in [3.05, 3.63) is 94.4 Å². The summed E-state index contributed by atoms with van der Waals surface area (Å²) in [5.74, 6) is 0.506. The molecule has 2 unspecified atom stereocenters. The Hall–Kier alpha value is -3.59. The number of para-hydroxylation sites is 1. The van der Waals surface area contributed by atoms with Gasteiger partial charge in [-0.05, 0) is 42.2 Å². The highest BCUT2D eigenvalue weighted by molar-refractivity contribution is 7.91. The Kier molecular flexibility index (Phi) is 6.34. The van der Waals surface area contributed by atoms with Crippen molar-refractivity contribution in [2.24, 2.45) is 5.92 Å². The van der Waals surface area contributed by atoms with Crippen LogP contribution < -0.4 is 15.0 Å². The van der Waals surface area contributed by atoms with E-state index < -0.39 is 10.0 Å². The van der Waals surface area contributed by atoms with Crippen molar-refractivity contribution in [1.82, 2.24) is 9.47 Å². The third kappa shape index (κ3) is 5.24. The van der Waals surface area contributed by atoms with E-state index in [1.807, 2.05) is 41.3 Å². The van der Waals surface area contributed by atoms with Gasteiger partial charge < -0.3 is 14.2 Å². The molecule has 9 heteroatoms. The first-order valence-electron chi connectivity index (χ1n) is 11.6. The molecule has 2 atom stereocenters. The van der Waals surface area contributed by atoms with E-state index in [9.17, 15) is 18.0 Å². The lowest BCUT2D eigenvalue weighted by Crippen LogP contribution is -2.50. The van der Waals surface area contributed by atoms with Crippen LogP contribution in [0.3, 0.4) is 0 Å². The van der Waals surface area contributed by atoms with Gasteiger partial charge in [0.1, 0.15) is 11.4 Å². The molecule has 182 valence electrons. The van der Waals surface area contributed by atoms with Gasteiger partial charge in [0.2, 0.25) is 10.0 Å². The van der Waals surface area contributed by atoms with Crippen LogP contribution in [-0.4, -0.2) is 43.5 Å². The van der Waals surface area contributed by atoms with Crippen molar-refractivity contribution in [3.8, 4) is 5.75 Å². The average molecular weight is 494 g/mol. The largest absolute Gasteiger partial charge is 0.484 e. The van der Waals surface area contributed by atoms with Gasteiger partial charge >= 0.3 is 0 Å². The molecule has 1 fully saturated rings. The number of aromatic nitrogens is 1. The van der Waals surface area contributed by atoms with Gasteiger partial charge in [-0.25, -0.2) is 8.42 Å². The number of pyridine rings is 1. The number of likely N-dealkylation sites (tertiary alicyclic amines) is 1. The fourth-order valence-electron chi connectivity index (χ4n) is 4.98. The maximum atomic E-state index is 13.2. The summed E-state index contributed by atoms with van der Waals surface area (Å²) in [4.78, 5) is 27.8. The Balaban J connectivity index is 1.29. The van der Waals surface area contributed by atoms with Crippen molar-refractivity contribution < 1.29 is 17.9 Å². The molecule has 2 aliphatic heterocycles. The minimum atomic E-state index is -3.73. The van der Waals surface area contributed by atoms with Crippen LogP contribution in [0.2, 0.25) is 0 Å². The molecule has 3 heterocycles. The van der Waals surface area contributed by atoms with Crippen molar-refractivity contribution in [1.29, 1.82) is 0 Å². The highest BCUT2D eigenvalue weighted by atomic mass is 32.2. The van der Waals surface area contributed by atoms with Crippen LogP contribution in [0.4, 0.5) is 5.69 Å². The van der Waals surface area contributed by atoms with Crippen LogP contribution in [0.5, 0.6) is 5.75 Å². The summed E-state index contributed by atoms with van der Waals surface area (Å²) in [7, 11) is -3.73. The minimum Gasteiger partial charge on any atom is -0.484 e. The Morgan fingerprint density at radius 2 is 1.66 bits per heavy atom. The molecule has 3 aromatic rings. The highest BCUT2D eigenvalue weighted by Crippen LogP contribution is 2.35. The van der Waals surface area contributed by atoms with E-state index in [1.165, 1.54) is 6.07 Å². The fraction of sp³-hybridized carbons (Fsp3) is 0.308. The van der Waals surface area contributed by atoms with E-state index in [2.05, 4.69) is 4.72 Å². The second-order valence-corrected chi connectivity index (χ2v) is 10.9. The third-order valence-electron chi connectivity index (χ3n) is 6.53. The standard InChI is InChI=1S/C26H27N3O5S/c30-25(17-34-22-9-5-2-6-10-22)28-14-20-13-21(16-28)24-12-11-23(26(31)29(24)15-20)27-35(32,33)18-19-7-3-1-4-8-19/h1-12,20-21,27H,13-18H2. The number of anilines is 1. The molecule has 35 heavy (non-hydrogen) atoms. The van der Waals surface area contributed by atoms with Gasteiger partial charge in [0.25, 0.3) is 11.5 Å². The third-order valence-corrected chi connectivity index (χ3v) is 7.77. The lowest BCUT2D eigenvalue weighted by molar-refractivity contribution is -0.136. The minimum absolute atomic E-state index is 0.0193. The van der Waals surface area contributed by atoms with Gasteiger partial charge in [-0.1, -0.05) is 48.5 Å². The number of fused-ring (bicyclic) bond motifs is 4. The monoisotopic (exact) mass is 493 g/mol. The Morgan fingerprint density at radius 3 is 2.40 bits per heavy atom. The van der Waals surface area contributed by atoms with Gasteiger partial charge in [-0.3, -0.25) is 14.3 Å². The van der Waals surface area contributed by atoms with Crippen molar-refractivity contribution >= 4 is 21.6 Å². The average Bonchev–Trinajstić information content (AvgIpc) is 2.85. The molecule has 0 spiro atoms. The molecule has 1 aromatic heterocycles. The summed E-state index contributed by atoms with van der Waals surface area (Å²) < 4.78 is 35.1. The highest BCUT2D eigenvalue weighted by Gasteiger charge is 2.37. The van der Waals surface area contributed by atoms with Gasteiger partial charge in [0.15, 0.2) is 6.61 Å². The fourth-order valence-corrected chi connectivity index (χ4v) is 6.17. The molecule has 0 aliphatic carbocycles. The Bertz CT molecular complexity index is 1370. The Labute approximate surface area is 204 Å². The lowest BCUT2D eigenvalue weighted by Gasteiger charge is -2.42. The van der Waals surface area contributed by atoms with E-state index in [-0.39, 0.29) is 41.3 Å². The number of rotatable bonds is 7. The topological polar surface area (TPSA) is 97.7 Å². The number of hydrogen-bond acceptors (Lipinski definition) is 5. The number of nitrogens with one attached hydrogen (secondary N) is 1. The van der Waals surface area contributed by atoms with Crippen molar-refractivity contribution in [3.63, 3.8) is 0 Å². The zero-order chi connectivity index (χ0) is 24.4. The van der Waals surface area contributed by atoms with Gasteiger partial charge in [-0.2, -0.15) is 0 Å². The summed E-state index contributed by atoms with van der Waals surface area (Å²) in [5, 5.41) is 0. The molecule has 1 saturated heterocycles. The van der Waals surface area contributed by atoms with Crippen LogP contribution >= 0.6 is 0 Å². The van der Waals surface area contributed by atoms with Crippen LogP contribution in [0.15, 0.2) is 77.6 Å². The second-order valence-electron chi connectivity index (χ2n) is 9.13. The molecule has 0 radical (unpaired) electrons. The normalized spacial score (nSPS) is 19.0. The van der Waals surface area contributed by atoms with E-state index >= 15 is 0 Å². The van der Waals surface area contributed by atoms with Crippen LogP contribution in [-0.2, 0) is 27.1 Å². The number of carbonyl (C=O) groups is 1. The number of amides is 1. The number of ether oxygens (including phenoxy) is 1. The smallest absolute Gasteiger partial charge is 0.275 e. The lowest BCUT2D eigenvalue weighted by atomic mass is 9.83. The molecular weight excluding hydrogens is 466 g/mol. The number of hydrogen-bond donors (Lipinski definition) is 1. The number of sulfonamides is 1. The molecular formula is C26H27N3O5S. The van der Waals surface area contributed by atoms with Crippen LogP contribution in [0, 0.1) is 5.92 Å². The second kappa shape index (κ2) is 9.58. The number of carbonyl (C=O) groups excluding carboxylic acids is 1. The van der Waals surface area contributed by atoms with E-state index in [0.29, 0.717) is 30.9 Å². The zero-order valence-electron chi connectivity index (χ0n) is 19.2. The Morgan fingerprint density at radius 1 is 0.943 bits per heavy atom. The van der Waals surface area contributed by atoms with Crippen molar-refractivity contribution in [2.45, 2.75) is 24.6 Å². The zero-order valence-corrected chi connectivity index (χ0v) is 20.0.